The van der Waals surface area contributed by atoms with Crippen molar-refractivity contribution < 1.29 is 19.4 Å². The van der Waals surface area contributed by atoms with Crippen molar-refractivity contribution in [3.05, 3.63) is 48.4 Å². The Morgan fingerprint density at radius 2 is 2.12 bits per heavy atom. The molecule has 0 saturated carbocycles. The Hall–Kier alpha value is -2.96. The van der Waals surface area contributed by atoms with E-state index >= 15 is 0 Å². The SMILES string of the molecule is O=C(O)[C@H]1CCCCN1C(=O)c1cccc(Oc2cnccn2)c1. The highest BCUT2D eigenvalue weighted by Gasteiger charge is 2.32. The van der Waals surface area contributed by atoms with Crippen molar-refractivity contribution in [2.24, 2.45) is 0 Å². The number of carbonyl (C=O) groups excluding carboxylic acids is 1. The molecule has 1 fully saturated rings. The number of hydrogen-bond acceptors (Lipinski definition) is 5. The second-order valence-corrected chi connectivity index (χ2v) is 5.52. The normalized spacial score (nSPS) is 17.3. The zero-order valence-electron chi connectivity index (χ0n) is 13.0. The van der Waals surface area contributed by atoms with E-state index in [4.69, 9.17) is 4.74 Å². The number of carboxylic acids is 1. The van der Waals surface area contributed by atoms with Crippen molar-refractivity contribution >= 4 is 11.9 Å². The van der Waals surface area contributed by atoms with E-state index in [2.05, 4.69) is 9.97 Å². The minimum atomic E-state index is -0.963. The van der Waals surface area contributed by atoms with Crippen molar-refractivity contribution in [1.29, 1.82) is 0 Å². The van der Waals surface area contributed by atoms with Crippen LogP contribution in [0.4, 0.5) is 0 Å². The number of aliphatic carboxylic acids is 1. The van der Waals surface area contributed by atoms with E-state index in [1.807, 2.05) is 0 Å². The fourth-order valence-corrected chi connectivity index (χ4v) is 2.75. The van der Waals surface area contributed by atoms with Crippen molar-refractivity contribution in [3.63, 3.8) is 0 Å². The van der Waals surface area contributed by atoms with E-state index in [0.717, 1.165) is 12.8 Å². The van der Waals surface area contributed by atoms with Gasteiger partial charge in [-0.25, -0.2) is 9.78 Å². The second-order valence-electron chi connectivity index (χ2n) is 5.52. The van der Waals surface area contributed by atoms with Crippen molar-refractivity contribution in [2.75, 3.05) is 6.54 Å². The molecule has 1 amide bonds. The van der Waals surface area contributed by atoms with Gasteiger partial charge in [-0.3, -0.25) is 9.78 Å². The summed E-state index contributed by atoms with van der Waals surface area (Å²) in [7, 11) is 0. The fraction of sp³-hybridized carbons (Fsp3) is 0.294. The highest BCUT2D eigenvalue weighted by molar-refractivity contribution is 5.97. The molecule has 1 aliphatic heterocycles. The molecular formula is C17H17N3O4. The molecule has 2 aromatic rings. The van der Waals surface area contributed by atoms with Crippen LogP contribution in [0.3, 0.4) is 0 Å². The maximum atomic E-state index is 12.7. The standard InChI is InChI=1S/C17H17N3O4/c21-16(20-9-2-1-6-14(20)17(22)23)12-4-3-5-13(10-12)24-15-11-18-7-8-19-15/h3-5,7-8,10-11,14H,1-2,6,9H2,(H,22,23)/t14-/m1/s1. The van der Waals surface area contributed by atoms with Crippen LogP contribution in [0.25, 0.3) is 0 Å². The Morgan fingerprint density at radius 3 is 2.88 bits per heavy atom. The summed E-state index contributed by atoms with van der Waals surface area (Å²) in [5.41, 5.74) is 0.393. The summed E-state index contributed by atoms with van der Waals surface area (Å²) in [5, 5.41) is 9.32. The summed E-state index contributed by atoms with van der Waals surface area (Å²) in [6, 6.07) is 5.87. The minimum Gasteiger partial charge on any atom is -0.480 e. The van der Waals surface area contributed by atoms with Gasteiger partial charge in [-0.2, -0.15) is 0 Å². The van der Waals surface area contributed by atoms with Crippen LogP contribution in [0.15, 0.2) is 42.9 Å². The fourth-order valence-electron chi connectivity index (χ4n) is 2.75. The number of carbonyl (C=O) groups is 2. The molecule has 7 nitrogen and oxygen atoms in total. The molecular weight excluding hydrogens is 310 g/mol. The van der Waals surface area contributed by atoms with E-state index in [0.29, 0.717) is 30.2 Å². The molecule has 1 atom stereocenters. The van der Waals surface area contributed by atoms with Gasteiger partial charge in [-0.05, 0) is 37.5 Å². The average Bonchev–Trinajstić information content (AvgIpc) is 2.62. The molecule has 0 unspecified atom stereocenters. The van der Waals surface area contributed by atoms with E-state index < -0.39 is 12.0 Å². The van der Waals surface area contributed by atoms with Crippen LogP contribution < -0.4 is 4.74 Å². The van der Waals surface area contributed by atoms with E-state index in [9.17, 15) is 14.7 Å². The Balaban J connectivity index is 1.80. The second kappa shape index (κ2) is 7.08. The highest BCUT2D eigenvalue weighted by Crippen LogP contribution is 2.23. The number of likely N-dealkylation sites (tertiary alicyclic amines) is 1. The third kappa shape index (κ3) is 3.51. The van der Waals surface area contributed by atoms with Gasteiger partial charge in [0.2, 0.25) is 5.88 Å². The van der Waals surface area contributed by atoms with Gasteiger partial charge in [0.1, 0.15) is 11.8 Å². The van der Waals surface area contributed by atoms with Crippen LogP contribution in [0.2, 0.25) is 0 Å². The number of nitrogens with zero attached hydrogens (tertiary/aromatic N) is 3. The maximum absolute atomic E-state index is 12.7. The van der Waals surface area contributed by atoms with Gasteiger partial charge in [0, 0.05) is 24.5 Å². The van der Waals surface area contributed by atoms with Crippen molar-refractivity contribution in [3.8, 4) is 11.6 Å². The van der Waals surface area contributed by atoms with E-state index in [-0.39, 0.29) is 5.91 Å². The zero-order valence-corrected chi connectivity index (χ0v) is 13.0. The lowest BCUT2D eigenvalue weighted by atomic mass is 10.0. The number of rotatable bonds is 4. The zero-order chi connectivity index (χ0) is 16.9. The van der Waals surface area contributed by atoms with Gasteiger partial charge in [0.05, 0.1) is 6.20 Å². The van der Waals surface area contributed by atoms with Gasteiger partial charge < -0.3 is 14.7 Å². The molecule has 0 radical (unpaired) electrons. The van der Waals surface area contributed by atoms with Crippen molar-refractivity contribution in [1.82, 2.24) is 14.9 Å². The van der Waals surface area contributed by atoms with Gasteiger partial charge in [-0.15, -0.1) is 0 Å². The number of carboxylic acid groups (broad SMARTS) is 1. The Bertz CT molecular complexity index is 736. The van der Waals surface area contributed by atoms with Crippen LogP contribution in [0.1, 0.15) is 29.6 Å². The first-order chi connectivity index (χ1) is 11.6. The maximum Gasteiger partial charge on any atom is 0.326 e. The number of amides is 1. The van der Waals surface area contributed by atoms with Crippen LogP contribution in [-0.2, 0) is 4.79 Å². The quantitative estimate of drug-likeness (QED) is 0.926. The van der Waals surface area contributed by atoms with Gasteiger partial charge >= 0.3 is 5.97 Å². The molecule has 3 rings (SSSR count). The molecule has 0 spiro atoms. The summed E-state index contributed by atoms with van der Waals surface area (Å²) < 4.78 is 5.57. The minimum absolute atomic E-state index is 0.299. The number of hydrogen-bond donors (Lipinski definition) is 1. The molecule has 1 saturated heterocycles. The monoisotopic (exact) mass is 327 g/mol. The topological polar surface area (TPSA) is 92.6 Å². The van der Waals surface area contributed by atoms with Crippen LogP contribution >= 0.6 is 0 Å². The van der Waals surface area contributed by atoms with Crippen molar-refractivity contribution in [2.45, 2.75) is 25.3 Å². The van der Waals surface area contributed by atoms with Crippen LogP contribution in [0, 0.1) is 0 Å². The number of piperidine rings is 1. The lowest BCUT2D eigenvalue weighted by Crippen LogP contribution is -2.47. The van der Waals surface area contributed by atoms with Crippen LogP contribution in [0.5, 0.6) is 11.6 Å². The Kier molecular flexibility index (Phi) is 4.69. The third-order valence-corrected chi connectivity index (χ3v) is 3.89. The smallest absolute Gasteiger partial charge is 0.326 e. The number of aromatic nitrogens is 2. The Labute approximate surface area is 138 Å². The molecule has 1 aliphatic rings. The molecule has 7 heteroatoms. The molecule has 0 aliphatic carbocycles. The van der Waals surface area contributed by atoms with E-state index in [1.165, 1.54) is 23.5 Å². The summed E-state index contributed by atoms with van der Waals surface area (Å²) in [6.45, 7) is 0.449. The predicted octanol–water partition coefficient (Wildman–Crippen LogP) is 2.35. The lowest BCUT2D eigenvalue weighted by molar-refractivity contribution is -0.143. The largest absolute Gasteiger partial charge is 0.480 e. The van der Waals surface area contributed by atoms with Gasteiger partial charge in [-0.1, -0.05) is 6.07 Å². The highest BCUT2D eigenvalue weighted by atomic mass is 16.5. The number of ether oxygens (including phenoxy) is 1. The molecule has 1 aromatic heterocycles. The molecule has 2 heterocycles. The first kappa shape index (κ1) is 15.9. The first-order valence-corrected chi connectivity index (χ1v) is 7.73. The van der Waals surface area contributed by atoms with Crippen LogP contribution in [-0.4, -0.2) is 44.4 Å². The molecule has 1 aromatic carbocycles. The summed E-state index contributed by atoms with van der Waals surface area (Å²) in [5.74, 6) is -0.490. The molecule has 124 valence electrons. The predicted molar refractivity (Wildman–Crippen MR) is 84.9 cm³/mol. The molecule has 0 bridgehead atoms. The van der Waals surface area contributed by atoms with E-state index in [1.54, 1.807) is 24.3 Å². The summed E-state index contributed by atoms with van der Waals surface area (Å²) in [6.07, 6.45) is 6.63. The third-order valence-electron chi connectivity index (χ3n) is 3.89. The molecule has 24 heavy (non-hydrogen) atoms. The molecule has 1 N–H and O–H groups in total. The average molecular weight is 327 g/mol. The van der Waals surface area contributed by atoms with Gasteiger partial charge in [0.15, 0.2) is 0 Å². The first-order valence-electron chi connectivity index (χ1n) is 7.73. The van der Waals surface area contributed by atoms with Gasteiger partial charge in [0.25, 0.3) is 5.91 Å². The Morgan fingerprint density at radius 1 is 1.25 bits per heavy atom. The summed E-state index contributed by atoms with van der Waals surface area (Å²) in [4.78, 5) is 33.4. The number of benzene rings is 1. The lowest BCUT2D eigenvalue weighted by Gasteiger charge is -2.33. The summed E-state index contributed by atoms with van der Waals surface area (Å²) >= 11 is 0.